The third-order valence-corrected chi connectivity index (χ3v) is 3.37. The molecule has 0 aliphatic heterocycles. The minimum Gasteiger partial charge on any atom is -0.396 e. The smallest absolute Gasteiger partial charge is 0.0608 e. The molecule has 4 nitrogen and oxygen atoms in total. The van der Waals surface area contributed by atoms with E-state index in [1.165, 1.54) is 0 Å². The van der Waals surface area contributed by atoms with E-state index in [0.717, 1.165) is 12.8 Å². The van der Waals surface area contributed by atoms with Gasteiger partial charge in [-0.1, -0.05) is 0 Å². The Labute approximate surface area is 125 Å². The first kappa shape index (κ1) is 19.8. The van der Waals surface area contributed by atoms with Crippen LogP contribution in [0.3, 0.4) is 0 Å². The van der Waals surface area contributed by atoms with Gasteiger partial charge in [0.1, 0.15) is 0 Å². The summed E-state index contributed by atoms with van der Waals surface area (Å²) >= 11 is 0. The van der Waals surface area contributed by atoms with Crippen molar-refractivity contribution in [1.29, 1.82) is 0 Å². The second-order valence-corrected chi connectivity index (χ2v) is 8.59. The van der Waals surface area contributed by atoms with Crippen LogP contribution in [0, 0.1) is 0 Å². The summed E-state index contributed by atoms with van der Waals surface area (Å²) in [5, 5.41) is 25.7. The zero-order chi connectivity index (χ0) is 16.2. The summed E-state index contributed by atoms with van der Waals surface area (Å²) in [5.74, 6) is 0. The van der Waals surface area contributed by atoms with Gasteiger partial charge in [-0.15, -0.1) is 0 Å². The molecular formula is C16H36N2O2. The van der Waals surface area contributed by atoms with E-state index in [2.05, 4.69) is 52.2 Å². The summed E-state index contributed by atoms with van der Waals surface area (Å²) in [5.41, 5.74) is -0.556. The van der Waals surface area contributed by atoms with Gasteiger partial charge in [-0.2, -0.15) is 0 Å². The molecule has 4 heteroatoms. The van der Waals surface area contributed by atoms with Crippen LogP contribution in [0.4, 0.5) is 0 Å². The van der Waals surface area contributed by atoms with Gasteiger partial charge in [0.05, 0.1) is 6.61 Å². The fraction of sp³-hybridized carbons (Fsp3) is 1.00. The van der Waals surface area contributed by atoms with Crippen LogP contribution in [0.25, 0.3) is 0 Å². The number of aliphatic hydroxyl groups is 2. The van der Waals surface area contributed by atoms with Crippen LogP contribution in [0.1, 0.15) is 68.2 Å². The van der Waals surface area contributed by atoms with Crippen molar-refractivity contribution in [2.75, 3.05) is 13.2 Å². The van der Waals surface area contributed by atoms with E-state index in [0.29, 0.717) is 0 Å². The molecule has 0 heterocycles. The molecule has 20 heavy (non-hydrogen) atoms. The Morgan fingerprint density at radius 2 is 1.05 bits per heavy atom. The average molecular weight is 288 g/mol. The second-order valence-electron chi connectivity index (χ2n) is 8.59. The molecule has 0 aromatic rings. The van der Waals surface area contributed by atoms with Crippen molar-refractivity contribution in [3.63, 3.8) is 0 Å². The van der Waals surface area contributed by atoms with Crippen LogP contribution in [-0.4, -0.2) is 45.6 Å². The van der Waals surface area contributed by atoms with Gasteiger partial charge >= 0.3 is 0 Å². The molecule has 0 atom stereocenters. The molecule has 0 unspecified atom stereocenters. The highest BCUT2D eigenvalue weighted by Gasteiger charge is 2.35. The zero-order valence-electron chi connectivity index (χ0n) is 14.7. The highest BCUT2D eigenvalue weighted by molar-refractivity contribution is 4.97. The van der Waals surface area contributed by atoms with Gasteiger partial charge in [0, 0.05) is 28.8 Å². The summed E-state index contributed by atoms with van der Waals surface area (Å²) in [6, 6.07) is 0. The first-order valence-electron chi connectivity index (χ1n) is 7.55. The topological polar surface area (TPSA) is 64.5 Å². The third-order valence-electron chi connectivity index (χ3n) is 3.37. The zero-order valence-corrected chi connectivity index (χ0v) is 14.7. The van der Waals surface area contributed by atoms with Crippen LogP contribution >= 0.6 is 0 Å². The van der Waals surface area contributed by atoms with Crippen LogP contribution in [0.5, 0.6) is 0 Å². The van der Waals surface area contributed by atoms with E-state index in [1.807, 2.05) is 13.8 Å². The van der Waals surface area contributed by atoms with E-state index < -0.39 is 0 Å². The van der Waals surface area contributed by atoms with Crippen molar-refractivity contribution < 1.29 is 10.2 Å². The van der Waals surface area contributed by atoms with Gasteiger partial charge in [0.15, 0.2) is 0 Å². The maximum absolute atomic E-state index is 9.41. The summed E-state index contributed by atoms with van der Waals surface area (Å²) in [7, 11) is 0. The SMILES string of the molecule is CC(C)(CO)NC(C)(C)CC(C)(C)NC(C)(C)CCO. The highest BCUT2D eigenvalue weighted by atomic mass is 16.3. The fourth-order valence-electron chi connectivity index (χ4n) is 3.41. The Morgan fingerprint density at radius 1 is 0.650 bits per heavy atom. The second kappa shape index (κ2) is 6.73. The van der Waals surface area contributed by atoms with E-state index >= 15 is 0 Å². The predicted octanol–water partition coefficient (Wildman–Crippen LogP) is 2.04. The lowest BCUT2D eigenvalue weighted by Gasteiger charge is -2.44. The molecule has 0 saturated heterocycles. The number of hydrogen-bond donors (Lipinski definition) is 4. The minimum atomic E-state index is -0.291. The third kappa shape index (κ3) is 8.20. The molecule has 0 aliphatic rings. The Hall–Kier alpha value is -0.160. The minimum absolute atomic E-state index is 0.0687. The van der Waals surface area contributed by atoms with Crippen molar-refractivity contribution >= 4 is 0 Å². The summed E-state index contributed by atoms with van der Waals surface area (Å²) < 4.78 is 0. The van der Waals surface area contributed by atoms with Crippen LogP contribution in [-0.2, 0) is 0 Å². The molecule has 0 fully saturated rings. The fourth-order valence-corrected chi connectivity index (χ4v) is 3.41. The first-order valence-corrected chi connectivity index (χ1v) is 7.55. The lowest BCUT2D eigenvalue weighted by molar-refractivity contribution is 0.121. The lowest BCUT2D eigenvalue weighted by Crippen LogP contribution is -2.60. The van der Waals surface area contributed by atoms with Crippen molar-refractivity contribution in [3.05, 3.63) is 0 Å². The van der Waals surface area contributed by atoms with Gasteiger partial charge < -0.3 is 20.8 Å². The van der Waals surface area contributed by atoms with Gasteiger partial charge in [0.25, 0.3) is 0 Å². The van der Waals surface area contributed by atoms with Crippen LogP contribution in [0.15, 0.2) is 0 Å². The Kier molecular flexibility index (Phi) is 6.68. The van der Waals surface area contributed by atoms with Crippen LogP contribution in [0.2, 0.25) is 0 Å². The molecule has 0 spiro atoms. The number of aliphatic hydroxyl groups excluding tert-OH is 2. The quantitative estimate of drug-likeness (QED) is 0.524. The van der Waals surface area contributed by atoms with Gasteiger partial charge in [0.2, 0.25) is 0 Å². The molecular weight excluding hydrogens is 252 g/mol. The van der Waals surface area contributed by atoms with Gasteiger partial charge in [-0.3, -0.25) is 0 Å². The maximum atomic E-state index is 9.41. The summed E-state index contributed by atoms with van der Waals surface area (Å²) in [4.78, 5) is 0. The van der Waals surface area contributed by atoms with Crippen molar-refractivity contribution in [2.45, 2.75) is 90.4 Å². The normalized spacial score (nSPS) is 14.7. The van der Waals surface area contributed by atoms with E-state index in [4.69, 9.17) is 5.11 Å². The highest BCUT2D eigenvalue weighted by Crippen LogP contribution is 2.25. The number of nitrogens with one attached hydrogen (secondary N) is 2. The predicted molar refractivity (Wildman–Crippen MR) is 86.0 cm³/mol. The van der Waals surface area contributed by atoms with Crippen molar-refractivity contribution in [2.24, 2.45) is 0 Å². The molecule has 4 N–H and O–H groups in total. The molecule has 0 amide bonds. The summed E-state index contributed by atoms with van der Waals surface area (Å²) in [6.45, 7) is 17.2. The molecule has 0 rings (SSSR count). The lowest BCUT2D eigenvalue weighted by atomic mass is 9.83. The summed E-state index contributed by atoms with van der Waals surface area (Å²) in [6.07, 6.45) is 1.64. The van der Waals surface area contributed by atoms with E-state index in [9.17, 15) is 5.11 Å². The Balaban J connectivity index is 4.73. The molecule has 0 aliphatic carbocycles. The van der Waals surface area contributed by atoms with E-state index in [1.54, 1.807) is 0 Å². The van der Waals surface area contributed by atoms with Crippen molar-refractivity contribution in [1.82, 2.24) is 10.6 Å². The largest absolute Gasteiger partial charge is 0.396 e. The molecule has 0 saturated carbocycles. The molecule has 0 aromatic heterocycles. The standard InChI is InChI=1S/C16H36N2O2/c1-13(2,9-10-19)17-14(3,4)11-15(5,6)18-16(7,8)12-20/h17-20H,9-12H2,1-8H3. The molecule has 0 aromatic carbocycles. The number of rotatable bonds is 9. The van der Waals surface area contributed by atoms with Crippen LogP contribution < -0.4 is 10.6 Å². The molecule has 0 radical (unpaired) electrons. The molecule has 0 bridgehead atoms. The Bertz CT molecular complexity index is 297. The first-order chi connectivity index (χ1) is 8.74. The molecule has 122 valence electrons. The van der Waals surface area contributed by atoms with E-state index in [-0.39, 0.29) is 35.4 Å². The van der Waals surface area contributed by atoms with Gasteiger partial charge in [-0.05, 0) is 68.2 Å². The van der Waals surface area contributed by atoms with Crippen molar-refractivity contribution in [3.8, 4) is 0 Å². The average Bonchev–Trinajstić information content (AvgIpc) is 2.10. The van der Waals surface area contributed by atoms with Gasteiger partial charge in [-0.25, -0.2) is 0 Å². The number of hydrogen-bond acceptors (Lipinski definition) is 4. The monoisotopic (exact) mass is 288 g/mol. The maximum Gasteiger partial charge on any atom is 0.0608 e. The Morgan fingerprint density at radius 3 is 1.40 bits per heavy atom.